The molecule has 0 aliphatic carbocycles. The van der Waals surface area contributed by atoms with E-state index >= 15 is 0 Å². The molecule has 0 bridgehead atoms. The van der Waals surface area contributed by atoms with Crippen LogP contribution in [-0.4, -0.2) is 12.9 Å². The van der Waals surface area contributed by atoms with E-state index in [9.17, 15) is 5.21 Å². The van der Waals surface area contributed by atoms with Gasteiger partial charge in [-0.25, -0.2) is 0 Å². The first-order chi connectivity index (χ1) is 6.84. The monoisotopic (exact) mass is 193 g/mol. The lowest BCUT2D eigenvalue weighted by atomic mass is 9.98. The number of ether oxygens (including phenoxy) is 2. The fourth-order valence-electron chi connectivity index (χ4n) is 2.11. The molecule has 1 fully saturated rings. The zero-order chi connectivity index (χ0) is 9.54. The van der Waals surface area contributed by atoms with Gasteiger partial charge in [-0.1, -0.05) is 0 Å². The Bertz CT molecular complexity index is 366. The minimum atomic E-state index is -0.134. The van der Waals surface area contributed by atoms with E-state index in [4.69, 9.17) is 9.47 Å². The maximum atomic E-state index is 11.4. The molecule has 3 heterocycles. The van der Waals surface area contributed by atoms with E-state index in [2.05, 4.69) is 0 Å². The van der Waals surface area contributed by atoms with E-state index in [1.54, 1.807) is 6.07 Å². The van der Waals surface area contributed by atoms with Gasteiger partial charge < -0.3 is 14.7 Å². The van der Waals surface area contributed by atoms with Crippen LogP contribution >= 0.6 is 0 Å². The Hall–Kier alpha value is -1.29. The summed E-state index contributed by atoms with van der Waals surface area (Å²) in [6, 6.07) is 3.52. The molecule has 1 saturated heterocycles. The molecule has 0 N–H and O–H groups in total. The van der Waals surface area contributed by atoms with Crippen molar-refractivity contribution in [1.29, 1.82) is 0 Å². The summed E-state index contributed by atoms with van der Waals surface area (Å²) in [5.74, 6) is 1.02. The molecule has 1 aromatic rings. The second kappa shape index (κ2) is 2.85. The zero-order valence-electron chi connectivity index (χ0n) is 7.68. The Morgan fingerprint density at radius 2 is 2.43 bits per heavy atom. The van der Waals surface area contributed by atoms with Gasteiger partial charge in [0, 0.05) is 18.4 Å². The Balaban J connectivity index is 2.01. The van der Waals surface area contributed by atoms with Gasteiger partial charge in [-0.3, -0.25) is 0 Å². The number of fused-ring (bicyclic) bond motifs is 2. The molecule has 2 unspecified atom stereocenters. The third kappa shape index (κ3) is 1.07. The van der Waals surface area contributed by atoms with Gasteiger partial charge in [0.25, 0.3) is 0 Å². The van der Waals surface area contributed by atoms with Gasteiger partial charge in [0.05, 0.1) is 6.61 Å². The molecule has 2 aliphatic rings. The molecule has 2 atom stereocenters. The van der Waals surface area contributed by atoms with Crippen LogP contribution in [0, 0.1) is 11.1 Å². The largest absolute Gasteiger partial charge is 0.618 e. The fraction of sp³-hybridized carbons (Fsp3) is 0.500. The summed E-state index contributed by atoms with van der Waals surface area (Å²) in [5, 5.41) is 11.4. The van der Waals surface area contributed by atoms with Crippen molar-refractivity contribution in [2.45, 2.75) is 19.1 Å². The van der Waals surface area contributed by atoms with E-state index in [0.717, 1.165) is 29.9 Å². The van der Waals surface area contributed by atoms with Gasteiger partial charge in [-0.15, -0.1) is 0 Å². The first-order valence-electron chi connectivity index (χ1n) is 4.84. The fourth-order valence-corrected chi connectivity index (χ4v) is 2.11. The Morgan fingerprint density at radius 1 is 1.50 bits per heavy atom. The highest BCUT2D eigenvalue weighted by atomic mass is 16.7. The number of hydrogen-bond donors (Lipinski definition) is 0. The van der Waals surface area contributed by atoms with E-state index in [1.807, 2.05) is 6.07 Å². The lowest BCUT2D eigenvalue weighted by Crippen LogP contribution is -2.39. The van der Waals surface area contributed by atoms with Crippen LogP contribution in [0.25, 0.3) is 0 Å². The Labute approximate surface area is 81.6 Å². The molecule has 14 heavy (non-hydrogen) atoms. The third-order valence-corrected chi connectivity index (χ3v) is 2.87. The van der Waals surface area contributed by atoms with E-state index in [0.29, 0.717) is 11.7 Å². The molecule has 0 spiro atoms. The smallest absolute Gasteiger partial charge is 0.235 e. The first-order valence-corrected chi connectivity index (χ1v) is 4.84. The zero-order valence-corrected chi connectivity index (χ0v) is 7.68. The van der Waals surface area contributed by atoms with Crippen LogP contribution in [-0.2, 0) is 11.2 Å². The third-order valence-electron chi connectivity index (χ3n) is 2.87. The van der Waals surface area contributed by atoms with Crippen LogP contribution < -0.4 is 9.47 Å². The van der Waals surface area contributed by atoms with Gasteiger partial charge in [-0.05, 0) is 12.5 Å². The van der Waals surface area contributed by atoms with Crippen LogP contribution in [0.5, 0.6) is 5.75 Å². The van der Waals surface area contributed by atoms with Crippen LogP contribution in [0.15, 0.2) is 18.3 Å². The van der Waals surface area contributed by atoms with Gasteiger partial charge in [0.1, 0.15) is 0 Å². The summed E-state index contributed by atoms with van der Waals surface area (Å²) in [4.78, 5) is 0. The van der Waals surface area contributed by atoms with E-state index in [1.165, 1.54) is 6.20 Å². The van der Waals surface area contributed by atoms with Crippen molar-refractivity contribution in [1.82, 2.24) is 0 Å². The highest BCUT2D eigenvalue weighted by Gasteiger charge is 2.38. The lowest BCUT2D eigenvalue weighted by molar-refractivity contribution is -0.616. The average Bonchev–Trinajstić information content (AvgIpc) is 2.62. The van der Waals surface area contributed by atoms with Crippen molar-refractivity contribution in [3.8, 4) is 5.75 Å². The molecule has 4 nitrogen and oxygen atoms in total. The van der Waals surface area contributed by atoms with Crippen molar-refractivity contribution in [2.24, 2.45) is 5.92 Å². The second-order valence-corrected chi connectivity index (χ2v) is 3.75. The summed E-state index contributed by atoms with van der Waals surface area (Å²) in [6.07, 6.45) is 3.13. The topological polar surface area (TPSA) is 45.4 Å². The van der Waals surface area contributed by atoms with Gasteiger partial charge >= 0.3 is 0 Å². The van der Waals surface area contributed by atoms with Gasteiger partial charge in [-0.2, -0.15) is 4.73 Å². The molecule has 74 valence electrons. The molecule has 0 saturated carbocycles. The quantitative estimate of drug-likeness (QED) is 0.448. The number of nitrogens with zero attached hydrogens (tertiary/aromatic N) is 1. The summed E-state index contributed by atoms with van der Waals surface area (Å²) < 4.78 is 11.9. The summed E-state index contributed by atoms with van der Waals surface area (Å²) in [5.41, 5.74) is 0.735. The van der Waals surface area contributed by atoms with Crippen molar-refractivity contribution >= 4 is 0 Å². The second-order valence-electron chi connectivity index (χ2n) is 3.75. The number of rotatable bonds is 0. The van der Waals surface area contributed by atoms with E-state index in [-0.39, 0.29) is 6.29 Å². The molecule has 0 amide bonds. The maximum Gasteiger partial charge on any atom is 0.235 e. The van der Waals surface area contributed by atoms with Crippen LogP contribution in [0.2, 0.25) is 0 Å². The van der Waals surface area contributed by atoms with Crippen LogP contribution in [0.3, 0.4) is 0 Å². The van der Waals surface area contributed by atoms with Crippen molar-refractivity contribution in [3.05, 3.63) is 29.2 Å². The molecule has 4 heteroatoms. The summed E-state index contributed by atoms with van der Waals surface area (Å²) >= 11 is 0. The van der Waals surface area contributed by atoms with Crippen molar-refractivity contribution in [2.75, 3.05) is 6.61 Å². The maximum absolute atomic E-state index is 11.4. The first kappa shape index (κ1) is 8.05. The molecule has 0 aromatic carbocycles. The Kier molecular flexibility index (Phi) is 1.64. The molecular formula is C10H11NO3. The van der Waals surface area contributed by atoms with Crippen molar-refractivity contribution in [3.63, 3.8) is 0 Å². The van der Waals surface area contributed by atoms with E-state index < -0.39 is 0 Å². The average molecular weight is 193 g/mol. The predicted molar refractivity (Wildman–Crippen MR) is 47.6 cm³/mol. The number of pyridine rings is 1. The predicted octanol–water partition coefficient (Wildman–Crippen LogP) is 0.618. The van der Waals surface area contributed by atoms with Gasteiger partial charge in [0.15, 0.2) is 11.9 Å². The minimum absolute atomic E-state index is 0.134. The standard InChI is InChI=1S/C10H11NO3/c12-11-4-1-2-9-8(11)6-7-3-5-13-10(7)14-9/h1-2,4,7,10H,3,5-6H2. The summed E-state index contributed by atoms with van der Waals surface area (Å²) in [6.45, 7) is 0.738. The minimum Gasteiger partial charge on any atom is -0.618 e. The lowest BCUT2D eigenvalue weighted by Gasteiger charge is -2.25. The van der Waals surface area contributed by atoms with Crippen molar-refractivity contribution < 1.29 is 14.2 Å². The highest BCUT2D eigenvalue weighted by Crippen LogP contribution is 2.33. The normalized spacial score (nSPS) is 29.1. The highest BCUT2D eigenvalue weighted by molar-refractivity contribution is 5.26. The number of hydrogen-bond acceptors (Lipinski definition) is 3. The molecule has 0 radical (unpaired) electrons. The Morgan fingerprint density at radius 3 is 3.36 bits per heavy atom. The summed E-state index contributed by atoms with van der Waals surface area (Å²) in [7, 11) is 0. The SMILES string of the molecule is [O-][n+]1cccc2c1CC1CCOC1O2. The van der Waals surface area contributed by atoms with Crippen LogP contribution in [0.1, 0.15) is 12.1 Å². The molecule has 2 aliphatic heterocycles. The molecule has 1 aromatic heterocycles. The number of aromatic nitrogens is 1. The van der Waals surface area contributed by atoms with Gasteiger partial charge in [0.2, 0.25) is 12.0 Å². The van der Waals surface area contributed by atoms with Crippen LogP contribution in [0.4, 0.5) is 0 Å². The molecule has 3 rings (SSSR count). The molecular weight excluding hydrogens is 182 g/mol.